The van der Waals surface area contributed by atoms with Crippen LogP contribution in [0.2, 0.25) is 0 Å². The average Bonchev–Trinajstić information content (AvgIpc) is 2.68. The van der Waals surface area contributed by atoms with Crippen LogP contribution in [0, 0.1) is 5.41 Å². The molecule has 0 unspecified atom stereocenters. The van der Waals surface area contributed by atoms with E-state index in [-0.39, 0.29) is 11.8 Å². The van der Waals surface area contributed by atoms with Crippen LogP contribution in [-0.4, -0.2) is 18.9 Å². The van der Waals surface area contributed by atoms with Gasteiger partial charge >= 0.3 is 0 Å². The topological polar surface area (TPSA) is 67.4 Å². The fraction of sp³-hybridized carbons (Fsp3) is 0.364. The molecule has 5 heteroatoms. The monoisotopic (exact) mass is 368 g/mol. The van der Waals surface area contributed by atoms with Crippen LogP contribution in [0.1, 0.15) is 38.8 Å². The van der Waals surface area contributed by atoms with Crippen LogP contribution in [0.15, 0.2) is 42.5 Å². The zero-order valence-electron chi connectivity index (χ0n) is 16.7. The highest BCUT2D eigenvalue weighted by Crippen LogP contribution is 2.27. The maximum absolute atomic E-state index is 12.9. The Hall–Kier alpha value is -2.82. The number of para-hydroxylation sites is 1. The molecule has 0 saturated carbocycles. The summed E-state index contributed by atoms with van der Waals surface area (Å²) in [6.07, 6.45) is 1.61. The first kappa shape index (κ1) is 20.5. The van der Waals surface area contributed by atoms with Crippen molar-refractivity contribution in [2.24, 2.45) is 5.41 Å². The lowest BCUT2D eigenvalue weighted by Gasteiger charge is -2.24. The number of anilines is 2. The van der Waals surface area contributed by atoms with E-state index in [2.05, 4.69) is 10.6 Å². The summed E-state index contributed by atoms with van der Waals surface area (Å²) < 4.78 is 5.11. The maximum Gasteiger partial charge on any atom is 0.239 e. The SMILES string of the molecule is CCc1cccc(CC)c1NC(=O)C(C)(C)C(=O)Nc1ccc(OC)cc1. The quantitative estimate of drug-likeness (QED) is 0.711. The van der Waals surface area contributed by atoms with Gasteiger partial charge in [-0.2, -0.15) is 0 Å². The summed E-state index contributed by atoms with van der Waals surface area (Å²) in [4.78, 5) is 25.6. The van der Waals surface area contributed by atoms with Crippen molar-refractivity contribution in [2.75, 3.05) is 17.7 Å². The lowest BCUT2D eigenvalue weighted by molar-refractivity contribution is -0.135. The molecule has 2 aromatic carbocycles. The van der Waals surface area contributed by atoms with Crippen LogP contribution < -0.4 is 15.4 Å². The van der Waals surface area contributed by atoms with E-state index >= 15 is 0 Å². The van der Waals surface area contributed by atoms with E-state index in [0.29, 0.717) is 11.4 Å². The number of carbonyl (C=O) groups is 2. The van der Waals surface area contributed by atoms with Crippen molar-refractivity contribution in [3.63, 3.8) is 0 Å². The highest BCUT2D eigenvalue weighted by atomic mass is 16.5. The molecule has 0 saturated heterocycles. The van der Waals surface area contributed by atoms with Gasteiger partial charge in [-0.05, 0) is 62.1 Å². The number of hydrogen-bond acceptors (Lipinski definition) is 3. The molecule has 5 nitrogen and oxygen atoms in total. The van der Waals surface area contributed by atoms with Crippen molar-refractivity contribution < 1.29 is 14.3 Å². The molecule has 0 aliphatic rings. The summed E-state index contributed by atoms with van der Waals surface area (Å²) in [6.45, 7) is 7.35. The molecule has 0 bridgehead atoms. The van der Waals surface area contributed by atoms with Crippen LogP contribution in [0.3, 0.4) is 0 Å². The summed E-state index contributed by atoms with van der Waals surface area (Å²) in [7, 11) is 1.58. The minimum absolute atomic E-state index is 0.330. The van der Waals surface area contributed by atoms with Gasteiger partial charge in [0.25, 0.3) is 0 Å². The van der Waals surface area contributed by atoms with Crippen LogP contribution in [0.5, 0.6) is 5.75 Å². The van der Waals surface area contributed by atoms with E-state index in [1.165, 1.54) is 0 Å². The van der Waals surface area contributed by atoms with Crippen molar-refractivity contribution >= 4 is 23.2 Å². The van der Waals surface area contributed by atoms with Gasteiger partial charge in [-0.25, -0.2) is 0 Å². The van der Waals surface area contributed by atoms with Crippen molar-refractivity contribution in [1.82, 2.24) is 0 Å². The second kappa shape index (κ2) is 8.71. The number of benzene rings is 2. The third-order valence-electron chi connectivity index (χ3n) is 4.72. The van der Waals surface area contributed by atoms with Gasteiger partial charge in [0.2, 0.25) is 11.8 Å². The number of hydrogen-bond donors (Lipinski definition) is 2. The molecule has 0 radical (unpaired) electrons. The molecule has 0 atom stereocenters. The van der Waals surface area contributed by atoms with Gasteiger partial charge < -0.3 is 15.4 Å². The Labute approximate surface area is 161 Å². The van der Waals surface area contributed by atoms with Gasteiger partial charge in [0, 0.05) is 11.4 Å². The highest BCUT2D eigenvalue weighted by molar-refractivity contribution is 6.14. The number of carbonyl (C=O) groups excluding carboxylic acids is 2. The lowest BCUT2D eigenvalue weighted by atomic mass is 9.90. The smallest absolute Gasteiger partial charge is 0.239 e. The van der Waals surface area contributed by atoms with E-state index in [0.717, 1.165) is 29.7 Å². The number of aryl methyl sites for hydroxylation is 2. The number of amides is 2. The average molecular weight is 368 g/mol. The summed E-state index contributed by atoms with van der Waals surface area (Å²) in [5.41, 5.74) is 2.33. The van der Waals surface area contributed by atoms with E-state index in [1.807, 2.05) is 32.0 Å². The fourth-order valence-electron chi connectivity index (χ4n) is 2.74. The molecule has 0 heterocycles. The molecule has 2 aromatic rings. The standard InChI is InChI=1S/C22H28N2O3/c1-6-15-9-8-10-16(7-2)19(15)24-21(26)22(3,4)20(25)23-17-11-13-18(27-5)14-12-17/h8-14H,6-7H2,1-5H3,(H,23,25)(H,24,26). The molecule has 2 N–H and O–H groups in total. The van der Waals surface area contributed by atoms with Crippen molar-refractivity contribution in [2.45, 2.75) is 40.5 Å². The Bertz CT molecular complexity index is 789. The van der Waals surface area contributed by atoms with Crippen molar-refractivity contribution in [1.29, 1.82) is 0 Å². The lowest BCUT2D eigenvalue weighted by Crippen LogP contribution is -2.42. The number of methoxy groups -OCH3 is 1. The fourth-order valence-corrected chi connectivity index (χ4v) is 2.74. The van der Waals surface area contributed by atoms with Gasteiger partial charge in [0.15, 0.2) is 0 Å². The maximum atomic E-state index is 12.9. The first-order valence-corrected chi connectivity index (χ1v) is 9.21. The number of rotatable bonds is 7. The molecule has 2 amide bonds. The van der Waals surface area contributed by atoms with Gasteiger partial charge in [-0.15, -0.1) is 0 Å². The molecule has 0 aliphatic carbocycles. The molecule has 2 rings (SSSR count). The minimum atomic E-state index is -1.23. The normalized spacial score (nSPS) is 11.0. The summed E-state index contributed by atoms with van der Waals surface area (Å²) in [5, 5.41) is 5.79. The van der Waals surface area contributed by atoms with Crippen molar-refractivity contribution in [3.05, 3.63) is 53.6 Å². The Balaban J connectivity index is 2.17. The van der Waals surface area contributed by atoms with Crippen LogP contribution in [0.4, 0.5) is 11.4 Å². The Morgan fingerprint density at radius 3 is 1.89 bits per heavy atom. The second-order valence-corrected chi connectivity index (χ2v) is 6.92. The van der Waals surface area contributed by atoms with E-state index in [4.69, 9.17) is 4.74 Å². The molecule has 0 aliphatic heterocycles. The zero-order valence-corrected chi connectivity index (χ0v) is 16.7. The summed E-state index contributed by atoms with van der Waals surface area (Å²) >= 11 is 0. The van der Waals surface area contributed by atoms with Gasteiger partial charge in [-0.3, -0.25) is 9.59 Å². The van der Waals surface area contributed by atoms with E-state index < -0.39 is 5.41 Å². The molecule has 0 spiro atoms. The Morgan fingerprint density at radius 1 is 0.889 bits per heavy atom. The molecular formula is C22H28N2O3. The van der Waals surface area contributed by atoms with Crippen LogP contribution >= 0.6 is 0 Å². The van der Waals surface area contributed by atoms with Crippen molar-refractivity contribution in [3.8, 4) is 5.75 Å². The van der Waals surface area contributed by atoms with E-state index in [9.17, 15) is 9.59 Å². The predicted octanol–water partition coefficient (Wildman–Crippen LogP) is 4.42. The predicted molar refractivity (Wildman–Crippen MR) is 109 cm³/mol. The highest BCUT2D eigenvalue weighted by Gasteiger charge is 2.36. The largest absolute Gasteiger partial charge is 0.497 e. The van der Waals surface area contributed by atoms with Gasteiger partial charge in [0.1, 0.15) is 11.2 Å². The molecular weight excluding hydrogens is 340 g/mol. The van der Waals surface area contributed by atoms with Gasteiger partial charge in [-0.1, -0.05) is 32.0 Å². The Morgan fingerprint density at radius 2 is 1.41 bits per heavy atom. The Kier molecular flexibility index (Phi) is 6.61. The number of ether oxygens (including phenoxy) is 1. The van der Waals surface area contributed by atoms with E-state index in [1.54, 1.807) is 45.2 Å². The second-order valence-electron chi connectivity index (χ2n) is 6.92. The third kappa shape index (κ3) is 4.67. The van der Waals surface area contributed by atoms with Crippen LogP contribution in [0.25, 0.3) is 0 Å². The first-order chi connectivity index (χ1) is 12.8. The third-order valence-corrected chi connectivity index (χ3v) is 4.72. The number of nitrogens with one attached hydrogen (secondary N) is 2. The molecule has 27 heavy (non-hydrogen) atoms. The summed E-state index contributed by atoms with van der Waals surface area (Å²) in [5.74, 6) is 0.00887. The minimum Gasteiger partial charge on any atom is -0.497 e. The molecule has 0 aromatic heterocycles. The summed E-state index contributed by atoms with van der Waals surface area (Å²) in [6, 6.07) is 13.0. The van der Waals surface area contributed by atoms with Gasteiger partial charge in [0.05, 0.1) is 7.11 Å². The first-order valence-electron chi connectivity index (χ1n) is 9.21. The molecule has 144 valence electrons. The van der Waals surface area contributed by atoms with Crippen LogP contribution in [-0.2, 0) is 22.4 Å². The zero-order chi connectivity index (χ0) is 20.0. The molecule has 0 fully saturated rings.